The van der Waals surface area contributed by atoms with Gasteiger partial charge in [0.2, 0.25) is 0 Å². The van der Waals surface area contributed by atoms with Crippen LogP contribution in [0.5, 0.6) is 23.0 Å². The van der Waals surface area contributed by atoms with Crippen LogP contribution < -0.4 is 0 Å². The third kappa shape index (κ3) is 12.7. The van der Waals surface area contributed by atoms with E-state index in [2.05, 4.69) is 55.4 Å². The lowest BCUT2D eigenvalue weighted by Gasteiger charge is -2.23. The van der Waals surface area contributed by atoms with Gasteiger partial charge in [0.25, 0.3) is 0 Å². The summed E-state index contributed by atoms with van der Waals surface area (Å²) in [6, 6.07) is 3.70. The van der Waals surface area contributed by atoms with Crippen LogP contribution in [0, 0.1) is 23.7 Å². The SMILES string of the molecule is CCCCCc1cc(O)c(CC[C@@H](C)CCCC(C)C)c(O)c1-c1c(CCCCC)cc(O)c(CC[C@@H](C)CCCC(C)C)c1O. The normalized spacial score (nSPS) is 13.2. The summed E-state index contributed by atoms with van der Waals surface area (Å²) in [5, 5.41) is 46.6. The Kier molecular flexibility index (Phi) is 18.0. The topological polar surface area (TPSA) is 80.9 Å². The maximum Gasteiger partial charge on any atom is 0.130 e. The summed E-state index contributed by atoms with van der Waals surface area (Å²) in [4.78, 5) is 0. The minimum Gasteiger partial charge on any atom is -0.508 e. The fourth-order valence-corrected chi connectivity index (χ4v) is 6.89. The Hall–Kier alpha value is -2.36. The molecule has 0 bridgehead atoms. The highest BCUT2D eigenvalue weighted by molar-refractivity contribution is 5.85. The van der Waals surface area contributed by atoms with Crippen LogP contribution in [0.15, 0.2) is 12.1 Å². The summed E-state index contributed by atoms with van der Waals surface area (Å²) in [5.41, 5.74) is 4.23. The third-order valence-corrected chi connectivity index (χ3v) is 10.0. The predicted molar refractivity (Wildman–Crippen MR) is 197 cm³/mol. The molecule has 0 amide bonds. The second-order valence-electron chi connectivity index (χ2n) is 15.4. The molecule has 2 rings (SSSR count). The molecule has 0 saturated heterocycles. The second kappa shape index (κ2) is 20.8. The highest BCUT2D eigenvalue weighted by atomic mass is 16.3. The molecular weight excluding hydrogens is 568 g/mol. The Labute approximate surface area is 283 Å². The first-order chi connectivity index (χ1) is 21.9. The average Bonchev–Trinajstić information content (AvgIpc) is 2.97. The van der Waals surface area contributed by atoms with E-state index in [0.29, 0.717) is 71.6 Å². The van der Waals surface area contributed by atoms with Crippen LogP contribution >= 0.6 is 0 Å². The first kappa shape index (κ1) is 39.8. The quantitative estimate of drug-likeness (QED) is 0.0913. The smallest absolute Gasteiger partial charge is 0.130 e. The van der Waals surface area contributed by atoms with Crippen molar-refractivity contribution in [3.63, 3.8) is 0 Å². The van der Waals surface area contributed by atoms with E-state index in [1.807, 2.05) is 12.1 Å². The van der Waals surface area contributed by atoms with Crippen LogP contribution in [0.1, 0.15) is 168 Å². The van der Waals surface area contributed by atoms with Gasteiger partial charge >= 0.3 is 0 Å². The molecule has 46 heavy (non-hydrogen) atoms. The van der Waals surface area contributed by atoms with Crippen LogP contribution in [0.25, 0.3) is 11.1 Å². The van der Waals surface area contributed by atoms with E-state index in [4.69, 9.17) is 0 Å². The Morgan fingerprint density at radius 2 is 0.826 bits per heavy atom. The van der Waals surface area contributed by atoms with Gasteiger partial charge in [0.05, 0.1) is 0 Å². The number of aryl methyl sites for hydroxylation is 2. The van der Waals surface area contributed by atoms with E-state index in [1.165, 1.54) is 25.7 Å². The summed E-state index contributed by atoms with van der Waals surface area (Å²) >= 11 is 0. The molecule has 4 nitrogen and oxygen atoms in total. The number of rotatable bonds is 23. The summed E-state index contributed by atoms with van der Waals surface area (Å²) in [7, 11) is 0. The van der Waals surface area contributed by atoms with Crippen molar-refractivity contribution in [3.8, 4) is 34.1 Å². The molecule has 0 heterocycles. The monoisotopic (exact) mass is 639 g/mol. The van der Waals surface area contributed by atoms with Gasteiger partial charge in [0.1, 0.15) is 23.0 Å². The summed E-state index contributed by atoms with van der Waals surface area (Å²) in [6.07, 6.45) is 17.6. The zero-order valence-electron chi connectivity index (χ0n) is 31.0. The average molecular weight is 639 g/mol. The number of hydrogen-bond acceptors (Lipinski definition) is 4. The number of aromatic hydroxyl groups is 4. The minimum absolute atomic E-state index is 0.103. The van der Waals surface area contributed by atoms with Crippen molar-refractivity contribution in [2.24, 2.45) is 23.7 Å². The summed E-state index contributed by atoms with van der Waals surface area (Å²) < 4.78 is 0. The van der Waals surface area contributed by atoms with Gasteiger partial charge in [0.15, 0.2) is 0 Å². The third-order valence-electron chi connectivity index (χ3n) is 10.0. The van der Waals surface area contributed by atoms with Gasteiger partial charge < -0.3 is 20.4 Å². The highest BCUT2D eigenvalue weighted by Crippen LogP contribution is 2.49. The Balaban J connectivity index is 2.59. The largest absolute Gasteiger partial charge is 0.508 e. The van der Waals surface area contributed by atoms with Gasteiger partial charge in [-0.1, -0.05) is 120 Å². The molecule has 2 atom stereocenters. The number of unbranched alkanes of at least 4 members (excludes halogenated alkanes) is 4. The number of hydrogen-bond donors (Lipinski definition) is 4. The van der Waals surface area contributed by atoms with E-state index in [-0.39, 0.29) is 23.0 Å². The van der Waals surface area contributed by atoms with Crippen molar-refractivity contribution in [1.82, 2.24) is 0 Å². The molecule has 0 fully saturated rings. The van der Waals surface area contributed by atoms with Crippen LogP contribution in [-0.2, 0) is 25.7 Å². The van der Waals surface area contributed by atoms with Crippen LogP contribution in [0.4, 0.5) is 0 Å². The molecule has 0 spiro atoms. The van der Waals surface area contributed by atoms with Crippen molar-refractivity contribution in [2.75, 3.05) is 0 Å². The van der Waals surface area contributed by atoms with Gasteiger partial charge in [-0.05, 0) is 98.3 Å². The van der Waals surface area contributed by atoms with Crippen LogP contribution in [0.3, 0.4) is 0 Å². The molecular formula is C42H70O4. The van der Waals surface area contributed by atoms with Gasteiger partial charge in [-0.3, -0.25) is 0 Å². The molecule has 0 aliphatic heterocycles. The van der Waals surface area contributed by atoms with Crippen molar-refractivity contribution in [2.45, 2.75) is 171 Å². The zero-order chi connectivity index (χ0) is 34.2. The Morgan fingerprint density at radius 1 is 0.457 bits per heavy atom. The molecule has 4 heteroatoms. The summed E-state index contributed by atoms with van der Waals surface area (Å²) in [6.45, 7) is 17.9. The van der Waals surface area contributed by atoms with E-state index in [0.717, 1.165) is 75.3 Å². The first-order valence-electron chi connectivity index (χ1n) is 19.0. The van der Waals surface area contributed by atoms with E-state index in [1.54, 1.807) is 0 Å². The maximum absolute atomic E-state index is 12.0. The second-order valence-corrected chi connectivity index (χ2v) is 15.4. The molecule has 0 aliphatic rings. The van der Waals surface area contributed by atoms with Gasteiger partial charge in [-0.2, -0.15) is 0 Å². The Morgan fingerprint density at radius 3 is 1.15 bits per heavy atom. The fourth-order valence-electron chi connectivity index (χ4n) is 6.89. The lowest BCUT2D eigenvalue weighted by atomic mass is 9.84. The lowest BCUT2D eigenvalue weighted by Crippen LogP contribution is -2.04. The molecule has 2 aromatic rings. The van der Waals surface area contributed by atoms with Gasteiger partial charge in [-0.15, -0.1) is 0 Å². The molecule has 2 aromatic carbocycles. The highest BCUT2D eigenvalue weighted by Gasteiger charge is 2.26. The molecule has 0 unspecified atom stereocenters. The van der Waals surface area contributed by atoms with E-state index < -0.39 is 0 Å². The number of benzene rings is 2. The summed E-state index contributed by atoms with van der Waals surface area (Å²) in [5.74, 6) is 2.90. The molecule has 0 radical (unpaired) electrons. The number of phenols is 4. The van der Waals surface area contributed by atoms with Crippen LogP contribution in [-0.4, -0.2) is 20.4 Å². The Bertz CT molecular complexity index is 1070. The van der Waals surface area contributed by atoms with Crippen LogP contribution in [0.2, 0.25) is 0 Å². The lowest BCUT2D eigenvalue weighted by molar-refractivity contribution is 0.410. The van der Waals surface area contributed by atoms with Gasteiger partial charge in [0, 0.05) is 22.3 Å². The molecule has 0 aliphatic carbocycles. The first-order valence-corrected chi connectivity index (χ1v) is 19.0. The van der Waals surface area contributed by atoms with Crippen molar-refractivity contribution in [3.05, 3.63) is 34.4 Å². The zero-order valence-corrected chi connectivity index (χ0v) is 31.0. The van der Waals surface area contributed by atoms with Gasteiger partial charge in [-0.25, -0.2) is 0 Å². The molecule has 0 saturated carbocycles. The van der Waals surface area contributed by atoms with E-state index >= 15 is 0 Å². The minimum atomic E-state index is 0.103. The molecule has 0 aromatic heterocycles. The maximum atomic E-state index is 12.0. The molecule has 262 valence electrons. The van der Waals surface area contributed by atoms with E-state index in [9.17, 15) is 20.4 Å². The predicted octanol–water partition coefficient (Wildman–Crippen LogP) is 12.4. The standard InChI is InChI=1S/C42H70O4/c1-9-11-13-21-33-27-37(43)35(25-23-31(7)19-15-17-29(3)4)41(45)39(33)40-34(22-14-12-10-2)28-38(44)36(42(40)46)26-24-32(8)20-16-18-30(5)6/h27-32,43-46H,9-26H2,1-8H3/t31-,32-/m0/s1. The van der Waals surface area contributed by atoms with Crippen molar-refractivity contribution >= 4 is 0 Å². The van der Waals surface area contributed by atoms with Crippen molar-refractivity contribution < 1.29 is 20.4 Å². The fraction of sp³-hybridized carbons (Fsp3) is 0.714. The number of phenolic OH excluding ortho intramolecular Hbond substituents is 4. The molecule has 4 N–H and O–H groups in total. The van der Waals surface area contributed by atoms with Crippen molar-refractivity contribution in [1.29, 1.82) is 0 Å².